The van der Waals surface area contributed by atoms with Crippen molar-refractivity contribution >= 4 is 11.4 Å². The van der Waals surface area contributed by atoms with Crippen LogP contribution in [0.5, 0.6) is 0 Å². The van der Waals surface area contributed by atoms with E-state index in [-0.39, 0.29) is 10.6 Å². The fourth-order valence-electron chi connectivity index (χ4n) is 2.63. The Kier molecular flexibility index (Phi) is 4.37. The lowest BCUT2D eigenvalue weighted by molar-refractivity contribution is -0.384. The molecular weight excluding hydrogens is 242 g/mol. The molecule has 5 nitrogen and oxygen atoms in total. The molecule has 0 atom stereocenters. The minimum absolute atomic E-state index is 0.150. The summed E-state index contributed by atoms with van der Waals surface area (Å²) in [5, 5.41) is 14.0. The van der Waals surface area contributed by atoms with Crippen molar-refractivity contribution in [3.8, 4) is 0 Å². The van der Waals surface area contributed by atoms with Gasteiger partial charge in [-0.15, -0.1) is 0 Å². The molecule has 1 fully saturated rings. The van der Waals surface area contributed by atoms with Gasteiger partial charge in [0, 0.05) is 26.2 Å². The van der Waals surface area contributed by atoms with Crippen LogP contribution in [0.2, 0.25) is 0 Å². The summed E-state index contributed by atoms with van der Waals surface area (Å²) < 4.78 is 0. The molecular formula is C14H21N3O2. The lowest BCUT2D eigenvalue weighted by Crippen LogP contribution is -2.29. The largest absolute Gasteiger partial charge is 0.382 e. The molecule has 1 aromatic carbocycles. The van der Waals surface area contributed by atoms with Crippen LogP contribution in [0.25, 0.3) is 0 Å². The van der Waals surface area contributed by atoms with Crippen LogP contribution in [0.15, 0.2) is 18.2 Å². The van der Waals surface area contributed by atoms with Crippen LogP contribution in [-0.2, 0) is 6.54 Å². The van der Waals surface area contributed by atoms with Crippen molar-refractivity contribution < 1.29 is 4.92 Å². The number of anilines is 1. The van der Waals surface area contributed by atoms with Gasteiger partial charge in [-0.3, -0.25) is 10.1 Å². The highest BCUT2D eigenvalue weighted by atomic mass is 16.6. The van der Waals surface area contributed by atoms with E-state index in [1.165, 1.54) is 19.3 Å². The molecule has 0 bridgehead atoms. The second-order valence-electron chi connectivity index (χ2n) is 5.31. The summed E-state index contributed by atoms with van der Waals surface area (Å²) in [4.78, 5) is 12.9. The van der Waals surface area contributed by atoms with E-state index in [1.807, 2.05) is 6.07 Å². The Labute approximate surface area is 113 Å². The van der Waals surface area contributed by atoms with Crippen LogP contribution in [0.1, 0.15) is 24.8 Å². The van der Waals surface area contributed by atoms with E-state index in [0.717, 1.165) is 24.6 Å². The second-order valence-corrected chi connectivity index (χ2v) is 5.31. The molecule has 0 aromatic heterocycles. The summed E-state index contributed by atoms with van der Waals surface area (Å²) in [5.74, 6) is 0.807. The third kappa shape index (κ3) is 3.23. The minimum atomic E-state index is -0.332. The highest BCUT2D eigenvalue weighted by Gasteiger charge is 2.21. The third-order valence-electron chi connectivity index (χ3n) is 3.81. The number of nitrogens with zero attached hydrogens (tertiary/aromatic N) is 2. The summed E-state index contributed by atoms with van der Waals surface area (Å²) in [6.45, 7) is 1.82. The zero-order chi connectivity index (χ0) is 13.8. The Bertz CT molecular complexity index is 458. The topological polar surface area (TPSA) is 58.4 Å². The molecule has 0 saturated heterocycles. The smallest absolute Gasteiger partial charge is 0.292 e. The van der Waals surface area contributed by atoms with Crippen LogP contribution in [0.3, 0.4) is 0 Å². The first-order valence-corrected chi connectivity index (χ1v) is 6.74. The molecule has 104 valence electrons. The van der Waals surface area contributed by atoms with Gasteiger partial charge in [0.1, 0.15) is 5.69 Å². The van der Waals surface area contributed by atoms with E-state index >= 15 is 0 Å². The molecule has 0 amide bonds. The van der Waals surface area contributed by atoms with Crippen molar-refractivity contribution in [1.29, 1.82) is 0 Å². The summed E-state index contributed by atoms with van der Waals surface area (Å²) in [5.41, 5.74) is 1.77. The number of rotatable bonds is 6. The van der Waals surface area contributed by atoms with Gasteiger partial charge in [0.05, 0.1) is 4.92 Å². The zero-order valence-corrected chi connectivity index (χ0v) is 11.6. The van der Waals surface area contributed by atoms with Crippen molar-refractivity contribution in [3.63, 3.8) is 0 Å². The predicted molar refractivity (Wildman–Crippen MR) is 76.3 cm³/mol. The Morgan fingerprint density at radius 1 is 1.47 bits per heavy atom. The summed E-state index contributed by atoms with van der Waals surface area (Å²) >= 11 is 0. The first-order valence-electron chi connectivity index (χ1n) is 6.74. The molecule has 1 N–H and O–H groups in total. The maximum absolute atomic E-state index is 11.0. The monoisotopic (exact) mass is 263 g/mol. The molecule has 0 heterocycles. The van der Waals surface area contributed by atoms with Gasteiger partial charge < -0.3 is 10.2 Å². The van der Waals surface area contributed by atoms with Gasteiger partial charge in [-0.1, -0.05) is 18.6 Å². The maximum atomic E-state index is 11.0. The normalized spacial score (nSPS) is 15.3. The van der Waals surface area contributed by atoms with Gasteiger partial charge in [-0.25, -0.2) is 0 Å². The van der Waals surface area contributed by atoms with E-state index < -0.39 is 0 Å². The molecule has 1 saturated carbocycles. The van der Waals surface area contributed by atoms with Crippen LogP contribution in [-0.4, -0.2) is 30.5 Å². The summed E-state index contributed by atoms with van der Waals surface area (Å²) in [6, 6.07) is 5.25. The van der Waals surface area contributed by atoms with Crippen molar-refractivity contribution in [2.75, 3.05) is 26.0 Å². The maximum Gasteiger partial charge on any atom is 0.292 e. The number of nitro groups is 1. The standard InChI is InChI=1S/C14H21N3O2/c1-15-14-12(7-4-8-13(14)17(18)19)10-16(2)9-11-5-3-6-11/h4,7-8,11,15H,3,5-6,9-10H2,1-2H3. The van der Waals surface area contributed by atoms with Crippen LogP contribution in [0.4, 0.5) is 11.4 Å². The average molecular weight is 263 g/mol. The SMILES string of the molecule is CNc1c(CN(C)CC2CCC2)cccc1[N+](=O)[O-]. The molecule has 0 aliphatic heterocycles. The third-order valence-corrected chi connectivity index (χ3v) is 3.81. The number of para-hydroxylation sites is 1. The number of nitrogens with one attached hydrogen (secondary N) is 1. The summed E-state index contributed by atoms with van der Waals surface area (Å²) in [6.07, 6.45) is 3.98. The molecule has 1 aliphatic carbocycles. The molecule has 1 aliphatic rings. The van der Waals surface area contributed by atoms with Gasteiger partial charge in [0.2, 0.25) is 0 Å². The van der Waals surface area contributed by atoms with Crippen molar-refractivity contribution in [3.05, 3.63) is 33.9 Å². The van der Waals surface area contributed by atoms with Gasteiger partial charge in [0.15, 0.2) is 0 Å². The van der Waals surface area contributed by atoms with E-state index in [2.05, 4.69) is 17.3 Å². The van der Waals surface area contributed by atoms with Gasteiger partial charge in [-0.2, -0.15) is 0 Å². The molecule has 19 heavy (non-hydrogen) atoms. The minimum Gasteiger partial charge on any atom is -0.382 e. The van der Waals surface area contributed by atoms with E-state index in [4.69, 9.17) is 0 Å². The number of hydrogen-bond acceptors (Lipinski definition) is 4. The predicted octanol–water partition coefficient (Wildman–Crippen LogP) is 2.87. The van der Waals surface area contributed by atoms with Gasteiger partial charge in [-0.05, 0) is 31.4 Å². The Balaban J connectivity index is 2.09. The van der Waals surface area contributed by atoms with E-state index in [9.17, 15) is 10.1 Å². The fourth-order valence-corrected chi connectivity index (χ4v) is 2.63. The molecule has 5 heteroatoms. The van der Waals surface area contributed by atoms with Crippen LogP contribution < -0.4 is 5.32 Å². The highest BCUT2D eigenvalue weighted by Crippen LogP contribution is 2.30. The van der Waals surface area contributed by atoms with Crippen molar-refractivity contribution in [1.82, 2.24) is 4.90 Å². The van der Waals surface area contributed by atoms with E-state index in [1.54, 1.807) is 19.2 Å². The van der Waals surface area contributed by atoms with Crippen LogP contribution >= 0.6 is 0 Å². The molecule has 0 radical (unpaired) electrons. The van der Waals surface area contributed by atoms with Crippen LogP contribution in [0, 0.1) is 16.0 Å². The number of nitro benzene ring substituents is 1. The Morgan fingerprint density at radius 2 is 2.21 bits per heavy atom. The first kappa shape index (κ1) is 13.8. The molecule has 2 rings (SSSR count). The highest BCUT2D eigenvalue weighted by molar-refractivity contribution is 5.66. The first-order chi connectivity index (χ1) is 9.11. The fraction of sp³-hybridized carbons (Fsp3) is 0.571. The average Bonchev–Trinajstić information content (AvgIpc) is 2.33. The van der Waals surface area contributed by atoms with Crippen molar-refractivity contribution in [2.45, 2.75) is 25.8 Å². The molecule has 1 aromatic rings. The summed E-state index contributed by atoms with van der Waals surface area (Å²) in [7, 11) is 3.81. The van der Waals surface area contributed by atoms with Gasteiger partial charge in [0.25, 0.3) is 5.69 Å². The van der Waals surface area contributed by atoms with E-state index in [0.29, 0.717) is 5.69 Å². The molecule has 0 unspecified atom stereocenters. The quantitative estimate of drug-likeness (QED) is 0.633. The lowest BCUT2D eigenvalue weighted by Gasteiger charge is -2.30. The molecule has 0 spiro atoms. The second kappa shape index (κ2) is 6.02. The number of benzene rings is 1. The Hall–Kier alpha value is -1.62. The number of hydrogen-bond donors (Lipinski definition) is 1. The van der Waals surface area contributed by atoms with Gasteiger partial charge >= 0.3 is 0 Å². The Morgan fingerprint density at radius 3 is 2.74 bits per heavy atom. The lowest BCUT2D eigenvalue weighted by atomic mass is 9.85. The zero-order valence-electron chi connectivity index (χ0n) is 11.6. The van der Waals surface area contributed by atoms with Crippen molar-refractivity contribution in [2.24, 2.45) is 5.92 Å².